The van der Waals surface area contributed by atoms with Crippen molar-refractivity contribution in [3.05, 3.63) is 58.1 Å². The predicted molar refractivity (Wildman–Crippen MR) is 79.2 cm³/mol. The van der Waals surface area contributed by atoms with Gasteiger partial charge in [-0.15, -0.1) is 0 Å². The van der Waals surface area contributed by atoms with E-state index in [0.29, 0.717) is 11.4 Å². The van der Waals surface area contributed by atoms with E-state index in [-0.39, 0.29) is 23.8 Å². The largest absolute Gasteiger partial charge is 0.349 e. The Morgan fingerprint density at radius 2 is 1.86 bits per heavy atom. The van der Waals surface area contributed by atoms with Gasteiger partial charge in [0.2, 0.25) is 0 Å². The third kappa shape index (κ3) is 2.40. The second-order valence-electron chi connectivity index (χ2n) is 5.25. The molecule has 6 nitrogen and oxygen atoms in total. The van der Waals surface area contributed by atoms with E-state index in [0.717, 1.165) is 5.56 Å². The van der Waals surface area contributed by atoms with Gasteiger partial charge in [-0.05, 0) is 19.4 Å². The van der Waals surface area contributed by atoms with Gasteiger partial charge in [-0.1, -0.05) is 30.3 Å². The standard InChI is InChI=1S/C15H16N4O2/c1-9(2)19-8-11-13(18-15(19)21)16-12(17-14(11)20)10-6-4-3-5-7-10/h3-9,12H,1-2H3,(H,17,20)(H,16,18,21). The van der Waals surface area contributed by atoms with Crippen molar-refractivity contribution in [1.29, 1.82) is 0 Å². The van der Waals surface area contributed by atoms with Gasteiger partial charge in [0.1, 0.15) is 12.0 Å². The highest BCUT2D eigenvalue weighted by atomic mass is 16.2. The maximum Gasteiger partial charge on any atom is 0.349 e. The molecule has 1 amide bonds. The molecular weight excluding hydrogens is 268 g/mol. The smallest absolute Gasteiger partial charge is 0.345 e. The van der Waals surface area contributed by atoms with E-state index >= 15 is 0 Å². The lowest BCUT2D eigenvalue weighted by Gasteiger charge is -2.27. The van der Waals surface area contributed by atoms with Crippen molar-refractivity contribution in [3.63, 3.8) is 0 Å². The van der Waals surface area contributed by atoms with Gasteiger partial charge < -0.3 is 10.6 Å². The average molecular weight is 284 g/mol. The fraction of sp³-hybridized carbons (Fsp3) is 0.267. The molecule has 0 saturated heterocycles. The van der Waals surface area contributed by atoms with Crippen LogP contribution in [0.2, 0.25) is 0 Å². The molecule has 108 valence electrons. The highest BCUT2D eigenvalue weighted by Crippen LogP contribution is 2.23. The Labute approximate surface area is 121 Å². The molecule has 0 bridgehead atoms. The quantitative estimate of drug-likeness (QED) is 0.879. The lowest BCUT2D eigenvalue weighted by molar-refractivity contribution is 0.0934. The highest BCUT2D eigenvalue weighted by Gasteiger charge is 2.27. The molecular formula is C15H16N4O2. The Morgan fingerprint density at radius 1 is 1.14 bits per heavy atom. The van der Waals surface area contributed by atoms with Crippen LogP contribution in [0.4, 0.5) is 5.82 Å². The van der Waals surface area contributed by atoms with E-state index in [1.165, 1.54) is 4.57 Å². The highest BCUT2D eigenvalue weighted by molar-refractivity contribution is 6.00. The van der Waals surface area contributed by atoms with Crippen LogP contribution in [0.15, 0.2) is 41.3 Å². The summed E-state index contributed by atoms with van der Waals surface area (Å²) in [5.74, 6) is 0.0917. The molecule has 0 spiro atoms. The summed E-state index contributed by atoms with van der Waals surface area (Å²) in [6.45, 7) is 3.74. The first-order valence-corrected chi connectivity index (χ1v) is 6.82. The summed E-state index contributed by atoms with van der Waals surface area (Å²) >= 11 is 0. The van der Waals surface area contributed by atoms with E-state index in [4.69, 9.17) is 0 Å². The third-order valence-electron chi connectivity index (χ3n) is 3.44. The molecule has 1 aromatic heterocycles. The summed E-state index contributed by atoms with van der Waals surface area (Å²) in [6.07, 6.45) is 1.17. The van der Waals surface area contributed by atoms with E-state index < -0.39 is 0 Å². The zero-order valence-electron chi connectivity index (χ0n) is 11.8. The van der Waals surface area contributed by atoms with Gasteiger partial charge in [-0.2, -0.15) is 4.98 Å². The minimum Gasteiger partial charge on any atom is -0.345 e. The molecule has 6 heteroatoms. The summed E-state index contributed by atoms with van der Waals surface area (Å²) in [5.41, 5.74) is 0.930. The maximum absolute atomic E-state index is 12.2. The van der Waals surface area contributed by atoms with Crippen molar-refractivity contribution >= 4 is 11.7 Å². The summed E-state index contributed by atoms with van der Waals surface area (Å²) in [6, 6.07) is 9.44. The van der Waals surface area contributed by atoms with Gasteiger partial charge in [0.25, 0.3) is 5.91 Å². The summed E-state index contributed by atoms with van der Waals surface area (Å²) in [4.78, 5) is 28.2. The van der Waals surface area contributed by atoms with Crippen molar-refractivity contribution in [2.45, 2.75) is 26.1 Å². The van der Waals surface area contributed by atoms with Crippen LogP contribution in [0, 0.1) is 0 Å². The van der Waals surface area contributed by atoms with Crippen LogP contribution >= 0.6 is 0 Å². The molecule has 0 radical (unpaired) electrons. The number of benzene rings is 1. The monoisotopic (exact) mass is 284 g/mol. The van der Waals surface area contributed by atoms with Gasteiger partial charge in [0, 0.05) is 12.2 Å². The lowest BCUT2D eigenvalue weighted by atomic mass is 10.1. The number of carbonyl (C=O) groups is 1. The predicted octanol–water partition coefficient (Wildman–Crippen LogP) is 1.68. The minimum atomic E-state index is -0.381. The van der Waals surface area contributed by atoms with Crippen molar-refractivity contribution in [2.24, 2.45) is 0 Å². The molecule has 1 unspecified atom stereocenters. The first-order chi connectivity index (χ1) is 10.1. The van der Waals surface area contributed by atoms with Crippen LogP contribution < -0.4 is 16.3 Å². The van der Waals surface area contributed by atoms with E-state index in [1.807, 2.05) is 44.2 Å². The topological polar surface area (TPSA) is 76.0 Å². The molecule has 0 saturated carbocycles. The molecule has 2 N–H and O–H groups in total. The first kappa shape index (κ1) is 13.4. The molecule has 1 atom stereocenters. The Balaban J connectivity index is 2.02. The van der Waals surface area contributed by atoms with Gasteiger partial charge in [-0.25, -0.2) is 4.79 Å². The van der Waals surface area contributed by atoms with Crippen molar-refractivity contribution in [3.8, 4) is 0 Å². The molecule has 1 aromatic carbocycles. The summed E-state index contributed by atoms with van der Waals surface area (Å²) in [7, 11) is 0. The van der Waals surface area contributed by atoms with E-state index in [9.17, 15) is 9.59 Å². The molecule has 2 aromatic rings. The molecule has 1 aliphatic rings. The Bertz CT molecular complexity index is 737. The van der Waals surface area contributed by atoms with Crippen LogP contribution in [0.5, 0.6) is 0 Å². The second kappa shape index (κ2) is 5.05. The second-order valence-corrected chi connectivity index (χ2v) is 5.25. The van der Waals surface area contributed by atoms with Crippen LogP contribution in [-0.4, -0.2) is 15.5 Å². The fourth-order valence-corrected chi connectivity index (χ4v) is 2.31. The van der Waals surface area contributed by atoms with Crippen molar-refractivity contribution in [2.75, 3.05) is 5.32 Å². The number of hydrogen-bond donors (Lipinski definition) is 2. The number of carbonyl (C=O) groups excluding carboxylic acids is 1. The van der Waals surface area contributed by atoms with E-state index in [1.54, 1.807) is 6.20 Å². The number of amides is 1. The van der Waals surface area contributed by atoms with Crippen LogP contribution in [0.1, 0.15) is 42.0 Å². The van der Waals surface area contributed by atoms with Gasteiger partial charge in [-0.3, -0.25) is 9.36 Å². The SMILES string of the molecule is CC(C)n1cc2c(nc1=O)NC(c1ccccc1)NC2=O. The number of anilines is 1. The summed E-state index contributed by atoms with van der Waals surface area (Å²) < 4.78 is 1.45. The van der Waals surface area contributed by atoms with Gasteiger partial charge in [0.05, 0.1) is 5.56 Å². The third-order valence-corrected chi connectivity index (χ3v) is 3.44. The number of rotatable bonds is 2. The van der Waals surface area contributed by atoms with Crippen LogP contribution in [-0.2, 0) is 0 Å². The average Bonchev–Trinajstić information content (AvgIpc) is 2.47. The van der Waals surface area contributed by atoms with Gasteiger partial charge >= 0.3 is 5.69 Å². The molecule has 21 heavy (non-hydrogen) atoms. The zero-order chi connectivity index (χ0) is 15.0. The normalized spacial score (nSPS) is 17.1. The summed E-state index contributed by atoms with van der Waals surface area (Å²) in [5, 5.41) is 5.96. The zero-order valence-corrected chi connectivity index (χ0v) is 11.8. The first-order valence-electron chi connectivity index (χ1n) is 6.82. The van der Waals surface area contributed by atoms with Crippen molar-refractivity contribution in [1.82, 2.24) is 14.9 Å². The molecule has 0 aliphatic carbocycles. The van der Waals surface area contributed by atoms with Crippen LogP contribution in [0.25, 0.3) is 0 Å². The Hall–Kier alpha value is -2.63. The van der Waals surface area contributed by atoms with Crippen molar-refractivity contribution < 1.29 is 4.79 Å². The molecule has 0 fully saturated rings. The number of fused-ring (bicyclic) bond motifs is 1. The Kier molecular flexibility index (Phi) is 3.21. The van der Waals surface area contributed by atoms with Gasteiger partial charge in [0.15, 0.2) is 0 Å². The fourth-order valence-electron chi connectivity index (χ4n) is 2.31. The number of hydrogen-bond acceptors (Lipinski definition) is 4. The number of nitrogens with zero attached hydrogens (tertiary/aromatic N) is 2. The maximum atomic E-state index is 12.2. The number of aromatic nitrogens is 2. The molecule has 1 aliphatic heterocycles. The minimum absolute atomic E-state index is 0.0463. The molecule has 3 rings (SSSR count). The van der Waals surface area contributed by atoms with E-state index in [2.05, 4.69) is 15.6 Å². The lowest BCUT2D eigenvalue weighted by Crippen LogP contribution is -2.41. The number of nitrogens with one attached hydrogen (secondary N) is 2. The van der Waals surface area contributed by atoms with Crippen LogP contribution in [0.3, 0.4) is 0 Å². The Morgan fingerprint density at radius 3 is 2.52 bits per heavy atom. The molecule has 2 heterocycles.